The fraction of sp³-hybridized carbons (Fsp3) is 0. The van der Waals surface area contributed by atoms with Crippen LogP contribution in [0.2, 0.25) is 0 Å². The van der Waals surface area contributed by atoms with E-state index in [1.54, 1.807) is 0 Å². The quantitative estimate of drug-likeness (QED) is 0.565. The van der Waals surface area contributed by atoms with Crippen molar-refractivity contribution in [1.82, 2.24) is 4.98 Å². The summed E-state index contributed by atoms with van der Waals surface area (Å²) in [5, 5.41) is 6.77. The molecule has 52 valence electrons. The van der Waals surface area contributed by atoms with E-state index in [9.17, 15) is 4.39 Å². The molecule has 0 aliphatic carbocycles. The van der Waals surface area contributed by atoms with Gasteiger partial charge >= 0.3 is 0 Å². The molecule has 0 fully saturated rings. The molecule has 0 atom stereocenters. The molecule has 1 heterocycles. The summed E-state index contributed by atoms with van der Waals surface area (Å²) >= 11 is 0. The Morgan fingerprint density at radius 2 is 2.40 bits per heavy atom. The minimum atomic E-state index is -0.479. The van der Waals surface area contributed by atoms with Crippen LogP contribution in [0.1, 0.15) is 5.56 Å². The number of nitrogen functional groups attached to an aromatic ring is 1. The van der Waals surface area contributed by atoms with Crippen LogP contribution in [0.4, 0.5) is 10.2 Å². The number of rotatable bonds is 1. The lowest BCUT2D eigenvalue weighted by atomic mass is 10.3. The number of aromatic nitrogens is 1. The first-order chi connectivity index (χ1) is 4.74. The minimum Gasteiger partial charge on any atom is -0.383 e. The SMILES string of the molecule is N=Cc1cc(F)cnc1N. The first-order valence-corrected chi connectivity index (χ1v) is 2.65. The minimum absolute atomic E-state index is 0.177. The third-order valence-corrected chi connectivity index (χ3v) is 1.07. The highest BCUT2D eigenvalue weighted by Gasteiger charge is 1.97. The number of anilines is 1. The van der Waals surface area contributed by atoms with E-state index in [1.165, 1.54) is 0 Å². The monoisotopic (exact) mass is 139 g/mol. The molecule has 1 rings (SSSR count). The number of nitrogens with zero attached hydrogens (tertiary/aromatic N) is 1. The van der Waals surface area contributed by atoms with Crippen molar-refractivity contribution in [3.63, 3.8) is 0 Å². The molecule has 0 aliphatic heterocycles. The summed E-state index contributed by atoms with van der Waals surface area (Å²) in [5.41, 5.74) is 5.58. The topological polar surface area (TPSA) is 62.8 Å². The second-order valence-electron chi connectivity index (χ2n) is 1.77. The van der Waals surface area contributed by atoms with Gasteiger partial charge in [0.2, 0.25) is 0 Å². The summed E-state index contributed by atoms with van der Waals surface area (Å²) < 4.78 is 12.3. The second-order valence-corrected chi connectivity index (χ2v) is 1.77. The van der Waals surface area contributed by atoms with Gasteiger partial charge in [-0.25, -0.2) is 9.37 Å². The van der Waals surface area contributed by atoms with Crippen molar-refractivity contribution in [2.24, 2.45) is 0 Å². The zero-order valence-electron chi connectivity index (χ0n) is 5.13. The average Bonchev–Trinajstić information content (AvgIpc) is 1.94. The molecule has 0 aromatic carbocycles. The lowest BCUT2D eigenvalue weighted by Gasteiger charge is -1.95. The zero-order chi connectivity index (χ0) is 7.56. The molecule has 0 saturated heterocycles. The van der Waals surface area contributed by atoms with Crippen LogP contribution >= 0.6 is 0 Å². The van der Waals surface area contributed by atoms with Crippen molar-refractivity contribution in [2.75, 3.05) is 5.73 Å². The summed E-state index contributed by atoms with van der Waals surface area (Å²) in [5.74, 6) is -0.302. The van der Waals surface area contributed by atoms with Crippen LogP contribution in [0.5, 0.6) is 0 Å². The van der Waals surface area contributed by atoms with Gasteiger partial charge in [0.1, 0.15) is 11.6 Å². The molecule has 10 heavy (non-hydrogen) atoms. The molecule has 0 spiro atoms. The molecule has 3 N–H and O–H groups in total. The molecule has 0 unspecified atom stereocenters. The maximum atomic E-state index is 12.3. The first kappa shape index (κ1) is 6.67. The Morgan fingerprint density at radius 1 is 1.70 bits per heavy atom. The maximum absolute atomic E-state index is 12.3. The summed E-state index contributed by atoms with van der Waals surface area (Å²) in [6, 6.07) is 1.16. The van der Waals surface area contributed by atoms with Gasteiger partial charge < -0.3 is 11.1 Å². The van der Waals surface area contributed by atoms with Gasteiger partial charge in [0.15, 0.2) is 0 Å². The molecule has 4 heteroatoms. The van der Waals surface area contributed by atoms with Crippen molar-refractivity contribution in [2.45, 2.75) is 0 Å². The lowest BCUT2D eigenvalue weighted by Crippen LogP contribution is -1.96. The number of pyridine rings is 1. The first-order valence-electron chi connectivity index (χ1n) is 2.65. The summed E-state index contributed by atoms with van der Waals surface area (Å²) in [6.45, 7) is 0. The van der Waals surface area contributed by atoms with E-state index >= 15 is 0 Å². The predicted molar refractivity (Wildman–Crippen MR) is 36.5 cm³/mol. The van der Waals surface area contributed by atoms with E-state index in [2.05, 4.69) is 4.98 Å². The maximum Gasteiger partial charge on any atom is 0.142 e. The van der Waals surface area contributed by atoms with Crippen LogP contribution in [-0.4, -0.2) is 11.2 Å². The van der Waals surface area contributed by atoms with Gasteiger partial charge in [0.05, 0.1) is 6.20 Å². The highest BCUT2D eigenvalue weighted by atomic mass is 19.1. The molecular weight excluding hydrogens is 133 g/mol. The molecule has 0 radical (unpaired) electrons. The Morgan fingerprint density at radius 3 is 2.90 bits per heavy atom. The van der Waals surface area contributed by atoms with Crippen molar-refractivity contribution in [1.29, 1.82) is 5.41 Å². The van der Waals surface area contributed by atoms with Crippen LogP contribution in [0.15, 0.2) is 12.3 Å². The number of nitrogens with two attached hydrogens (primary N) is 1. The summed E-state index contributed by atoms with van der Waals surface area (Å²) in [7, 11) is 0. The second kappa shape index (κ2) is 2.43. The fourth-order valence-corrected chi connectivity index (χ4v) is 0.581. The van der Waals surface area contributed by atoms with Gasteiger partial charge in [-0.1, -0.05) is 0 Å². The Balaban J connectivity index is 3.21. The van der Waals surface area contributed by atoms with Crippen LogP contribution in [-0.2, 0) is 0 Å². The standard InChI is InChI=1S/C6H6FN3/c7-5-1-4(2-8)6(9)10-3-5/h1-3,8H,(H2,9,10). The van der Waals surface area contributed by atoms with Crippen molar-refractivity contribution in [3.05, 3.63) is 23.6 Å². The van der Waals surface area contributed by atoms with Gasteiger partial charge in [-0.3, -0.25) is 0 Å². The summed E-state index contributed by atoms with van der Waals surface area (Å²) in [6.07, 6.45) is 1.98. The van der Waals surface area contributed by atoms with Gasteiger partial charge in [-0.2, -0.15) is 0 Å². The molecule has 0 amide bonds. The molecule has 1 aromatic heterocycles. The van der Waals surface area contributed by atoms with E-state index in [4.69, 9.17) is 11.1 Å². The molecule has 0 aliphatic rings. The number of hydrogen-bond donors (Lipinski definition) is 2. The van der Waals surface area contributed by atoms with E-state index in [1.807, 2.05) is 0 Å². The van der Waals surface area contributed by atoms with Gasteiger partial charge in [-0.15, -0.1) is 0 Å². The van der Waals surface area contributed by atoms with Gasteiger partial charge in [0, 0.05) is 11.8 Å². The molecular formula is C6H6FN3. The van der Waals surface area contributed by atoms with Crippen LogP contribution in [0.25, 0.3) is 0 Å². The van der Waals surface area contributed by atoms with Crippen molar-refractivity contribution >= 4 is 12.0 Å². The zero-order valence-corrected chi connectivity index (χ0v) is 5.13. The highest BCUT2D eigenvalue weighted by molar-refractivity contribution is 5.83. The lowest BCUT2D eigenvalue weighted by molar-refractivity contribution is 0.621. The molecule has 0 bridgehead atoms. The Labute approximate surface area is 57.2 Å². The smallest absolute Gasteiger partial charge is 0.142 e. The highest BCUT2D eigenvalue weighted by Crippen LogP contribution is 2.05. The van der Waals surface area contributed by atoms with E-state index in [0.717, 1.165) is 18.5 Å². The van der Waals surface area contributed by atoms with E-state index in [0.29, 0.717) is 5.56 Å². The largest absolute Gasteiger partial charge is 0.383 e. The molecule has 1 aromatic rings. The van der Waals surface area contributed by atoms with Crippen LogP contribution in [0.3, 0.4) is 0 Å². The third kappa shape index (κ3) is 1.10. The Kier molecular flexibility index (Phi) is 1.62. The van der Waals surface area contributed by atoms with Crippen molar-refractivity contribution < 1.29 is 4.39 Å². The van der Waals surface area contributed by atoms with E-state index in [-0.39, 0.29) is 5.82 Å². The Bertz CT molecular complexity index is 259. The fourth-order valence-electron chi connectivity index (χ4n) is 0.581. The van der Waals surface area contributed by atoms with Crippen LogP contribution < -0.4 is 5.73 Å². The Hall–Kier alpha value is -1.45. The van der Waals surface area contributed by atoms with Gasteiger partial charge in [-0.05, 0) is 6.07 Å². The molecule has 0 saturated carbocycles. The van der Waals surface area contributed by atoms with Gasteiger partial charge in [0.25, 0.3) is 0 Å². The number of halogens is 1. The third-order valence-electron chi connectivity index (χ3n) is 1.07. The average molecular weight is 139 g/mol. The van der Waals surface area contributed by atoms with Crippen LogP contribution in [0, 0.1) is 11.2 Å². The van der Waals surface area contributed by atoms with Crippen molar-refractivity contribution in [3.8, 4) is 0 Å². The normalized spacial score (nSPS) is 9.30. The predicted octanol–water partition coefficient (Wildman–Crippen LogP) is 0.801. The number of hydrogen-bond acceptors (Lipinski definition) is 3. The van der Waals surface area contributed by atoms with E-state index < -0.39 is 5.82 Å². The summed E-state index contributed by atoms with van der Waals surface area (Å²) in [4.78, 5) is 3.50. The number of nitrogens with one attached hydrogen (secondary N) is 1. The molecule has 3 nitrogen and oxygen atoms in total.